The zero-order valence-corrected chi connectivity index (χ0v) is 16.1. The molecule has 0 saturated heterocycles. The first kappa shape index (κ1) is 19.0. The number of ether oxygens (including phenoxy) is 1. The Labute approximate surface area is 163 Å². The highest BCUT2D eigenvalue weighted by molar-refractivity contribution is 6.30. The predicted molar refractivity (Wildman–Crippen MR) is 103 cm³/mol. The number of nitrogens with one attached hydrogen (secondary N) is 1. The number of hydrogen-bond donors (Lipinski definition) is 1. The van der Waals surface area contributed by atoms with Gasteiger partial charge in [0, 0.05) is 19.3 Å². The van der Waals surface area contributed by atoms with Gasteiger partial charge >= 0.3 is 0 Å². The molecule has 1 N–H and O–H groups in total. The molecule has 2 aromatic heterocycles. The number of carbonyl (C=O) groups excluding carboxylic acids is 1. The van der Waals surface area contributed by atoms with E-state index in [0.29, 0.717) is 23.9 Å². The lowest BCUT2D eigenvalue weighted by atomic mass is 10.1. The molecular weight excluding hydrogens is 366 g/mol. The van der Waals surface area contributed by atoms with Crippen molar-refractivity contribution >= 4 is 17.5 Å². The van der Waals surface area contributed by atoms with Gasteiger partial charge in [-0.3, -0.25) is 9.48 Å². The molecule has 0 fully saturated rings. The molecule has 0 bridgehead atoms. The lowest BCUT2D eigenvalue weighted by molar-refractivity contribution is 0.0920. The van der Waals surface area contributed by atoms with Crippen LogP contribution >= 0.6 is 11.6 Å². The van der Waals surface area contributed by atoms with E-state index in [4.69, 9.17) is 20.8 Å². The minimum Gasteiger partial charge on any atom is -0.485 e. The molecule has 7 heteroatoms. The van der Waals surface area contributed by atoms with E-state index in [1.165, 1.54) is 0 Å². The Kier molecular flexibility index (Phi) is 6.19. The molecular formula is C20H22ClN3O3. The van der Waals surface area contributed by atoms with Gasteiger partial charge in [0.25, 0.3) is 5.91 Å². The molecule has 0 unspecified atom stereocenters. The van der Waals surface area contributed by atoms with Crippen molar-refractivity contribution in [3.8, 4) is 5.75 Å². The lowest BCUT2D eigenvalue weighted by Gasteiger charge is -2.10. The van der Waals surface area contributed by atoms with Crippen molar-refractivity contribution in [2.24, 2.45) is 0 Å². The van der Waals surface area contributed by atoms with Crippen LogP contribution in [0.25, 0.3) is 0 Å². The van der Waals surface area contributed by atoms with E-state index >= 15 is 0 Å². The van der Waals surface area contributed by atoms with Crippen molar-refractivity contribution in [1.82, 2.24) is 15.1 Å². The Hall–Kier alpha value is -2.73. The number of nitrogens with zero attached hydrogens (tertiary/aromatic N) is 2. The highest BCUT2D eigenvalue weighted by Gasteiger charge is 2.12. The zero-order chi connectivity index (χ0) is 19.2. The van der Waals surface area contributed by atoms with Crippen molar-refractivity contribution in [3.05, 3.63) is 70.4 Å². The van der Waals surface area contributed by atoms with Gasteiger partial charge in [0.1, 0.15) is 18.1 Å². The summed E-state index contributed by atoms with van der Waals surface area (Å²) in [5, 5.41) is 7.53. The quantitative estimate of drug-likeness (QED) is 0.589. The first-order chi connectivity index (χ1) is 13.0. The second-order valence-corrected chi connectivity index (χ2v) is 6.74. The number of aryl methyl sites for hydroxylation is 3. The molecule has 0 atom stereocenters. The number of aromatic nitrogens is 2. The Balaban J connectivity index is 1.46. The highest BCUT2D eigenvalue weighted by Crippen LogP contribution is 2.23. The van der Waals surface area contributed by atoms with E-state index in [9.17, 15) is 4.79 Å². The van der Waals surface area contributed by atoms with Crippen LogP contribution in [-0.2, 0) is 13.2 Å². The third-order valence-corrected chi connectivity index (χ3v) is 4.30. The number of furan rings is 1. The maximum atomic E-state index is 12.2. The van der Waals surface area contributed by atoms with E-state index in [2.05, 4.69) is 10.4 Å². The smallest absolute Gasteiger partial charge is 0.286 e. The van der Waals surface area contributed by atoms with Gasteiger partial charge in [-0.2, -0.15) is 5.10 Å². The maximum Gasteiger partial charge on any atom is 0.286 e. The number of para-hydroxylation sites is 1. The SMILES string of the molecule is Cc1cccc(C)c1OCc1ccc(C(=O)NCCCn2cc(Cl)cn2)o1. The molecule has 3 aromatic rings. The largest absolute Gasteiger partial charge is 0.485 e. The second kappa shape index (κ2) is 8.77. The molecule has 27 heavy (non-hydrogen) atoms. The molecule has 1 amide bonds. The first-order valence-electron chi connectivity index (χ1n) is 8.77. The van der Waals surface area contributed by atoms with Gasteiger partial charge in [0.15, 0.2) is 5.76 Å². The number of rotatable bonds is 8. The molecule has 6 nitrogen and oxygen atoms in total. The Morgan fingerprint density at radius 1 is 1.26 bits per heavy atom. The van der Waals surface area contributed by atoms with E-state index in [1.807, 2.05) is 32.0 Å². The summed E-state index contributed by atoms with van der Waals surface area (Å²) in [4.78, 5) is 12.2. The molecule has 2 heterocycles. The molecule has 3 rings (SSSR count). The van der Waals surface area contributed by atoms with Crippen LogP contribution in [0.3, 0.4) is 0 Å². The molecule has 0 aliphatic rings. The Bertz CT molecular complexity index is 897. The van der Waals surface area contributed by atoms with Gasteiger partial charge in [-0.1, -0.05) is 29.8 Å². The monoisotopic (exact) mass is 387 g/mol. The number of hydrogen-bond acceptors (Lipinski definition) is 4. The van der Waals surface area contributed by atoms with Crippen molar-refractivity contribution in [2.45, 2.75) is 33.4 Å². The summed E-state index contributed by atoms with van der Waals surface area (Å²) in [6.45, 7) is 5.48. The number of carbonyl (C=O) groups is 1. The van der Waals surface area contributed by atoms with Crippen LogP contribution in [-0.4, -0.2) is 22.2 Å². The van der Waals surface area contributed by atoms with Crippen LogP contribution in [0.4, 0.5) is 0 Å². The molecule has 1 aromatic carbocycles. The summed E-state index contributed by atoms with van der Waals surface area (Å²) in [6, 6.07) is 9.41. The maximum absolute atomic E-state index is 12.2. The molecule has 0 saturated carbocycles. The highest BCUT2D eigenvalue weighted by atomic mass is 35.5. The van der Waals surface area contributed by atoms with Crippen molar-refractivity contribution in [3.63, 3.8) is 0 Å². The topological polar surface area (TPSA) is 69.3 Å². The van der Waals surface area contributed by atoms with E-state index < -0.39 is 0 Å². The Morgan fingerprint density at radius 2 is 2.04 bits per heavy atom. The van der Waals surface area contributed by atoms with Gasteiger partial charge in [0.05, 0.1) is 11.2 Å². The Morgan fingerprint density at radius 3 is 2.74 bits per heavy atom. The van der Waals surface area contributed by atoms with Crippen LogP contribution in [0.2, 0.25) is 5.02 Å². The fourth-order valence-corrected chi connectivity index (χ4v) is 2.89. The fraction of sp³-hybridized carbons (Fsp3) is 0.300. The third kappa shape index (κ3) is 5.14. The van der Waals surface area contributed by atoms with Crippen molar-refractivity contribution < 1.29 is 13.9 Å². The van der Waals surface area contributed by atoms with Crippen molar-refractivity contribution in [2.75, 3.05) is 6.54 Å². The number of benzene rings is 1. The van der Waals surface area contributed by atoms with E-state index in [-0.39, 0.29) is 18.3 Å². The summed E-state index contributed by atoms with van der Waals surface area (Å²) in [5.41, 5.74) is 2.14. The number of halogens is 1. The van der Waals surface area contributed by atoms with Crippen LogP contribution in [0.15, 0.2) is 47.1 Å². The zero-order valence-electron chi connectivity index (χ0n) is 15.4. The van der Waals surface area contributed by atoms with Crippen LogP contribution in [0, 0.1) is 13.8 Å². The van der Waals surface area contributed by atoms with Gasteiger partial charge < -0.3 is 14.5 Å². The molecule has 0 spiro atoms. The van der Waals surface area contributed by atoms with Gasteiger partial charge in [-0.05, 0) is 43.5 Å². The van der Waals surface area contributed by atoms with E-state index in [0.717, 1.165) is 23.3 Å². The molecule has 0 aliphatic heterocycles. The number of amides is 1. The summed E-state index contributed by atoms with van der Waals surface area (Å²) in [5.74, 6) is 1.48. The van der Waals surface area contributed by atoms with Gasteiger partial charge in [-0.25, -0.2) is 0 Å². The van der Waals surface area contributed by atoms with Gasteiger partial charge in [0.2, 0.25) is 0 Å². The van der Waals surface area contributed by atoms with Gasteiger partial charge in [-0.15, -0.1) is 0 Å². The predicted octanol–water partition coefficient (Wildman–Crippen LogP) is 4.15. The average molecular weight is 388 g/mol. The van der Waals surface area contributed by atoms with E-state index in [1.54, 1.807) is 29.2 Å². The molecule has 0 aliphatic carbocycles. The normalized spacial score (nSPS) is 10.8. The lowest BCUT2D eigenvalue weighted by Crippen LogP contribution is -2.24. The third-order valence-electron chi connectivity index (χ3n) is 4.10. The first-order valence-corrected chi connectivity index (χ1v) is 9.14. The summed E-state index contributed by atoms with van der Waals surface area (Å²) in [7, 11) is 0. The molecule has 0 radical (unpaired) electrons. The van der Waals surface area contributed by atoms with Crippen LogP contribution < -0.4 is 10.1 Å². The minimum atomic E-state index is -0.244. The summed E-state index contributed by atoms with van der Waals surface area (Å²) in [6.07, 6.45) is 4.08. The molecule has 142 valence electrons. The van der Waals surface area contributed by atoms with Crippen LogP contribution in [0.1, 0.15) is 33.9 Å². The van der Waals surface area contributed by atoms with Crippen LogP contribution in [0.5, 0.6) is 5.75 Å². The summed E-state index contributed by atoms with van der Waals surface area (Å²) < 4.78 is 13.2. The second-order valence-electron chi connectivity index (χ2n) is 6.31. The standard InChI is InChI=1S/C20H22ClN3O3/c1-14-5-3-6-15(2)19(14)26-13-17-7-8-18(27-17)20(25)22-9-4-10-24-12-16(21)11-23-24/h3,5-8,11-12H,4,9-10,13H2,1-2H3,(H,22,25). The van der Waals surface area contributed by atoms with Crippen molar-refractivity contribution in [1.29, 1.82) is 0 Å². The summed E-state index contributed by atoms with van der Waals surface area (Å²) >= 11 is 5.81. The fourth-order valence-electron chi connectivity index (χ4n) is 2.74. The minimum absolute atomic E-state index is 0.244. The average Bonchev–Trinajstić information content (AvgIpc) is 3.27.